The Hall–Kier alpha value is -1.50. The Kier molecular flexibility index (Phi) is 7.80. The number of nitrogen functional groups attached to an aromatic ring is 1. The van der Waals surface area contributed by atoms with Crippen LogP contribution in [0, 0.1) is 19.3 Å². The Labute approximate surface area is 184 Å². The number of nitrogens with two attached hydrogens (primary N) is 1. The first-order chi connectivity index (χ1) is 14.8. The van der Waals surface area contributed by atoms with Gasteiger partial charge in [0.2, 0.25) is 5.67 Å². The van der Waals surface area contributed by atoms with Gasteiger partial charge in [-0.05, 0) is 19.9 Å². The summed E-state index contributed by atoms with van der Waals surface area (Å²) in [5, 5.41) is 10.4. The summed E-state index contributed by atoms with van der Waals surface area (Å²) in [6, 6.07) is 1.18. The average Bonchev–Trinajstić information content (AvgIpc) is 2.83. The first kappa shape index (κ1) is 27.7. The van der Waals surface area contributed by atoms with Crippen molar-refractivity contribution >= 4 is 29.3 Å². The molecule has 1 aliphatic heterocycles. The minimum Gasteiger partial charge on any atom is -0.386 e. The Morgan fingerprint density at radius 2 is 1.88 bits per heavy atom. The van der Waals surface area contributed by atoms with E-state index in [-0.39, 0.29) is 11.5 Å². The minimum absolute atomic E-state index is 0.0307. The normalized spacial score (nSPS) is 30.2. The van der Waals surface area contributed by atoms with Crippen LogP contribution in [-0.2, 0) is 31.6 Å². The maximum Gasteiger partial charge on any atom is 0.490 e. The van der Waals surface area contributed by atoms with Gasteiger partial charge in [-0.25, -0.2) is 22.9 Å². The van der Waals surface area contributed by atoms with E-state index >= 15 is 4.39 Å². The largest absolute Gasteiger partial charge is 0.490 e. The zero-order valence-corrected chi connectivity index (χ0v) is 19.3. The van der Waals surface area contributed by atoms with Gasteiger partial charge in [0.1, 0.15) is 18.0 Å². The number of terminal acetylenes is 1. The molecule has 1 aromatic rings. The van der Waals surface area contributed by atoms with Gasteiger partial charge < -0.3 is 35.2 Å². The number of nitrogens with zero attached hydrogens (tertiary/aromatic N) is 2. The number of halogens is 1. The summed E-state index contributed by atoms with van der Waals surface area (Å²) in [6.45, 7) is 2.26. The molecule has 1 aliphatic rings. The number of aliphatic hydroxyl groups is 1. The summed E-state index contributed by atoms with van der Waals surface area (Å²) in [5.74, 6) is 1.45. The van der Waals surface area contributed by atoms with Crippen molar-refractivity contribution in [3.8, 4) is 12.3 Å². The molecular formula is C13H19FN3O13P3. The Morgan fingerprint density at radius 1 is 1.30 bits per heavy atom. The second-order valence-electron chi connectivity index (χ2n) is 6.69. The van der Waals surface area contributed by atoms with Gasteiger partial charge in [0.15, 0.2) is 6.23 Å². The highest BCUT2D eigenvalue weighted by Crippen LogP contribution is 2.66. The van der Waals surface area contributed by atoms with Gasteiger partial charge in [0.05, 0.1) is 6.10 Å². The molecule has 1 fully saturated rings. The van der Waals surface area contributed by atoms with E-state index in [2.05, 4.69) is 18.1 Å². The van der Waals surface area contributed by atoms with Crippen molar-refractivity contribution in [3.05, 3.63) is 22.2 Å². The lowest BCUT2D eigenvalue weighted by atomic mass is 9.95. The summed E-state index contributed by atoms with van der Waals surface area (Å²) >= 11 is 0. The van der Waals surface area contributed by atoms with Crippen molar-refractivity contribution in [2.75, 3.05) is 5.73 Å². The van der Waals surface area contributed by atoms with Gasteiger partial charge in [0.25, 0.3) is 0 Å². The van der Waals surface area contributed by atoms with Crippen molar-refractivity contribution < 1.29 is 60.6 Å². The predicted octanol–water partition coefficient (Wildman–Crippen LogP) is -0.534. The fourth-order valence-electron chi connectivity index (χ4n) is 2.97. The molecule has 1 saturated heterocycles. The first-order valence-electron chi connectivity index (χ1n) is 8.50. The molecule has 2 heterocycles. The molecule has 0 amide bonds. The van der Waals surface area contributed by atoms with Crippen LogP contribution in [0.4, 0.5) is 10.2 Å². The van der Waals surface area contributed by atoms with Crippen molar-refractivity contribution in [1.29, 1.82) is 0 Å². The predicted molar refractivity (Wildman–Crippen MR) is 105 cm³/mol. The van der Waals surface area contributed by atoms with Gasteiger partial charge in [0, 0.05) is 5.69 Å². The summed E-state index contributed by atoms with van der Waals surface area (Å²) in [7, 11) is -17.1. The van der Waals surface area contributed by atoms with Crippen LogP contribution < -0.4 is 11.4 Å². The van der Waals surface area contributed by atoms with Crippen LogP contribution in [0.5, 0.6) is 0 Å². The molecule has 0 radical (unpaired) electrons. The number of aryl methyl sites for hydroxylation is 1. The molecule has 7 atom stereocenters. The molecule has 16 nitrogen and oxygen atoms in total. The molecular weight excluding hydrogens is 518 g/mol. The molecule has 186 valence electrons. The van der Waals surface area contributed by atoms with Gasteiger partial charge in [-0.2, -0.15) is 13.6 Å². The van der Waals surface area contributed by atoms with E-state index in [0.717, 1.165) is 6.92 Å². The lowest BCUT2D eigenvalue weighted by molar-refractivity contribution is -0.0786. The maximum absolute atomic E-state index is 15.5. The maximum atomic E-state index is 15.5. The van der Waals surface area contributed by atoms with Crippen LogP contribution in [0.1, 0.15) is 18.8 Å². The van der Waals surface area contributed by atoms with Crippen LogP contribution >= 0.6 is 23.5 Å². The molecule has 1 aromatic heterocycles. The van der Waals surface area contributed by atoms with E-state index in [1.807, 2.05) is 0 Å². The highest BCUT2D eigenvalue weighted by Gasteiger charge is 2.60. The molecule has 7 N–H and O–H groups in total. The first-order valence-corrected chi connectivity index (χ1v) is 13.0. The highest BCUT2D eigenvalue weighted by molar-refractivity contribution is 7.66. The number of hydrogen-bond donors (Lipinski definition) is 6. The van der Waals surface area contributed by atoms with E-state index in [1.165, 1.54) is 13.0 Å². The number of ether oxygens (including phenoxy) is 1. The lowest BCUT2D eigenvalue weighted by Crippen LogP contribution is -2.46. The third-order valence-corrected chi connectivity index (χ3v) is 8.11. The fraction of sp³-hybridized carbons (Fsp3) is 0.538. The number of phosphoric acid groups is 3. The number of anilines is 1. The van der Waals surface area contributed by atoms with Gasteiger partial charge in [-0.15, -0.1) is 6.42 Å². The molecule has 2 rings (SSSR count). The van der Waals surface area contributed by atoms with Gasteiger partial charge in [-0.1, -0.05) is 5.92 Å². The number of rotatable bonds is 8. The van der Waals surface area contributed by atoms with E-state index in [4.69, 9.17) is 26.7 Å². The monoisotopic (exact) mass is 537 g/mol. The van der Waals surface area contributed by atoms with Crippen LogP contribution in [0.15, 0.2) is 10.9 Å². The Bertz CT molecular complexity index is 1160. The molecule has 0 saturated carbocycles. The van der Waals surface area contributed by atoms with Crippen LogP contribution in [-0.4, -0.2) is 58.2 Å². The lowest BCUT2D eigenvalue weighted by Gasteiger charge is -2.25. The Balaban J connectivity index is 2.32. The zero-order valence-electron chi connectivity index (χ0n) is 16.7. The van der Waals surface area contributed by atoms with Crippen molar-refractivity contribution in [2.45, 2.75) is 44.1 Å². The fourth-order valence-corrected chi connectivity index (χ4v) is 6.17. The summed E-state index contributed by atoms with van der Waals surface area (Å²) < 4.78 is 67.2. The SMILES string of the molecule is C#CC1(F)[C@@H](O)[C@@H]([C@@H](C)OP(=O)(O)OP(=O)(O)OP(=O)(O)O)O[C@H]1n1c(C)cc(N)nc1=O. The highest BCUT2D eigenvalue weighted by atomic mass is 31.3. The molecule has 20 heteroatoms. The van der Waals surface area contributed by atoms with Crippen molar-refractivity contribution in [2.24, 2.45) is 0 Å². The molecule has 0 aliphatic carbocycles. The molecule has 3 unspecified atom stereocenters. The molecule has 0 spiro atoms. The van der Waals surface area contributed by atoms with Gasteiger partial charge >= 0.3 is 29.2 Å². The minimum atomic E-state index is -5.82. The van der Waals surface area contributed by atoms with E-state index in [1.54, 1.807) is 5.92 Å². The van der Waals surface area contributed by atoms with Crippen molar-refractivity contribution in [1.82, 2.24) is 9.55 Å². The van der Waals surface area contributed by atoms with Crippen LogP contribution in [0.2, 0.25) is 0 Å². The number of aromatic nitrogens is 2. The average molecular weight is 537 g/mol. The smallest absolute Gasteiger partial charge is 0.386 e. The standard InChI is InChI=1S/C13H19FN3O13P3/c1-4-13(14)10(18)9(27-11(13)17-6(2)5-8(15)16-12(17)19)7(3)28-32(23,24)30-33(25,26)29-31(20,21)22/h1,5,7,9-11,18H,2-3H3,(H,23,24)(H,25,26)(H2,15,16,19)(H2,20,21,22)/t7-,9-,10+,11-,13?/m1/s1. The van der Waals surface area contributed by atoms with E-state index < -0.39 is 59.4 Å². The topological polar surface area (TPSA) is 250 Å². The van der Waals surface area contributed by atoms with Crippen LogP contribution in [0.25, 0.3) is 0 Å². The molecule has 0 bridgehead atoms. The number of phosphoric ester groups is 1. The molecule has 33 heavy (non-hydrogen) atoms. The Morgan fingerprint density at radius 3 is 2.36 bits per heavy atom. The summed E-state index contributed by atoms with van der Waals surface area (Å²) in [4.78, 5) is 51.6. The number of alkyl halides is 1. The quantitative estimate of drug-likeness (QED) is 0.180. The zero-order chi connectivity index (χ0) is 25.6. The number of aliphatic hydroxyl groups excluding tert-OH is 1. The van der Waals surface area contributed by atoms with Gasteiger partial charge in [-0.3, -0.25) is 9.09 Å². The second-order valence-corrected chi connectivity index (χ2v) is 11.1. The number of hydrogen-bond acceptors (Lipinski definition) is 11. The summed E-state index contributed by atoms with van der Waals surface area (Å²) in [5.41, 5.74) is 1.29. The van der Waals surface area contributed by atoms with E-state index in [0.29, 0.717) is 4.57 Å². The summed E-state index contributed by atoms with van der Waals surface area (Å²) in [6.07, 6.45) is -2.78. The second kappa shape index (κ2) is 9.27. The molecule has 0 aromatic carbocycles. The van der Waals surface area contributed by atoms with E-state index in [9.17, 15) is 33.4 Å². The third kappa shape index (κ3) is 6.34. The van der Waals surface area contributed by atoms with Crippen LogP contribution in [0.3, 0.4) is 0 Å². The third-order valence-electron chi connectivity index (χ3n) is 4.19. The van der Waals surface area contributed by atoms with Crippen molar-refractivity contribution in [3.63, 3.8) is 0 Å².